The van der Waals surface area contributed by atoms with Crippen molar-refractivity contribution in [1.29, 1.82) is 0 Å². The van der Waals surface area contributed by atoms with Crippen LogP contribution in [0.1, 0.15) is 25.8 Å². The Balaban J connectivity index is 1.67. The van der Waals surface area contributed by atoms with E-state index in [1.165, 1.54) is 10.5 Å². The number of aryl methyl sites for hydroxylation is 1. The van der Waals surface area contributed by atoms with Gasteiger partial charge in [-0.05, 0) is 31.0 Å². The standard InChI is InChI=1S/C19H30N2O4/c1-3-5-16-6-8-18(9-7-16)25-15-17(22)14-20-10-12-21(13-11-20)19(23)24-4-2/h6-9,17,22H,3-5,10-15H2,1-2H3/p+1/t17-/m0/s1. The second-order valence-corrected chi connectivity index (χ2v) is 6.50. The van der Waals surface area contributed by atoms with Crippen LogP contribution in [-0.4, -0.2) is 68.1 Å². The first-order valence-electron chi connectivity index (χ1n) is 9.27. The molecule has 1 atom stereocenters. The fraction of sp³-hybridized carbons (Fsp3) is 0.632. The van der Waals surface area contributed by atoms with E-state index in [-0.39, 0.29) is 12.7 Å². The average molecular weight is 351 g/mol. The first-order valence-corrected chi connectivity index (χ1v) is 9.27. The highest BCUT2D eigenvalue weighted by molar-refractivity contribution is 5.67. The molecule has 0 unspecified atom stereocenters. The first kappa shape index (κ1) is 19.5. The van der Waals surface area contributed by atoms with Crippen LogP contribution in [0, 0.1) is 0 Å². The molecule has 0 saturated carbocycles. The van der Waals surface area contributed by atoms with Crippen molar-refractivity contribution in [2.45, 2.75) is 32.8 Å². The molecule has 1 aromatic carbocycles. The number of hydrogen-bond donors (Lipinski definition) is 2. The van der Waals surface area contributed by atoms with E-state index in [9.17, 15) is 9.90 Å². The Labute approximate surface area is 150 Å². The number of carbonyl (C=O) groups is 1. The fourth-order valence-electron chi connectivity index (χ4n) is 3.05. The Bertz CT molecular complexity index is 513. The molecule has 0 radical (unpaired) electrons. The third-order valence-electron chi connectivity index (χ3n) is 4.43. The van der Waals surface area contributed by atoms with Crippen molar-refractivity contribution >= 4 is 6.09 Å². The Morgan fingerprint density at radius 1 is 1.24 bits per heavy atom. The summed E-state index contributed by atoms with van der Waals surface area (Å²) in [6.45, 7) is 8.28. The molecule has 0 spiro atoms. The van der Waals surface area contributed by atoms with Crippen molar-refractivity contribution in [3.8, 4) is 5.75 Å². The summed E-state index contributed by atoms with van der Waals surface area (Å²) in [4.78, 5) is 14.7. The number of piperazine rings is 1. The number of ether oxygens (including phenoxy) is 2. The minimum absolute atomic E-state index is 0.239. The van der Waals surface area contributed by atoms with Crippen molar-refractivity contribution in [2.24, 2.45) is 0 Å². The topological polar surface area (TPSA) is 63.4 Å². The summed E-state index contributed by atoms with van der Waals surface area (Å²) in [5.41, 5.74) is 1.30. The van der Waals surface area contributed by atoms with Crippen LogP contribution in [0.25, 0.3) is 0 Å². The maximum absolute atomic E-state index is 11.7. The van der Waals surface area contributed by atoms with Gasteiger partial charge in [-0.3, -0.25) is 4.90 Å². The minimum atomic E-state index is -0.514. The third kappa shape index (κ3) is 6.55. The average Bonchev–Trinajstić information content (AvgIpc) is 2.62. The molecule has 6 heteroatoms. The van der Waals surface area contributed by atoms with Gasteiger partial charge in [0.25, 0.3) is 0 Å². The van der Waals surface area contributed by atoms with Gasteiger partial charge in [0.15, 0.2) is 0 Å². The van der Waals surface area contributed by atoms with E-state index < -0.39 is 6.10 Å². The molecule has 0 bridgehead atoms. The van der Waals surface area contributed by atoms with Gasteiger partial charge in [-0.15, -0.1) is 0 Å². The zero-order valence-electron chi connectivity index (χ0n) is 15.4. The summed E-state index contributed by atoms with van der Waals surface area (Å²) in [6.07, 6.45) is 1.45. The van der Waals surface area contributed by atoms with Crippen molar-refractivity contribution in [1.82, 2.24) is 4.90 Å². The second kappa shape index (κ2) is 10.3. The van der Waals surface area contributed by atoms with Crippen LogP contribution in [0.5, 0.6) is 5.75 Å². The Kier molecular flexibility index (Phi) is 8.01. The molecule has 1 heterocycles. The third-order valence-corrected chi connectivity index (χ3v) is 4.43. The van der Waals surface area contributed by atoms with Crippen LogP contribution in [-0.2, 0) is 11.2 Å². The SMILES string of the molecule is CCCc1ccc(OC[C@@H](O)C[NH+]2CCN(C(=O)OCC)CC2)cc1. The molecule has 25 heavy (non-hydrogen) atoms. The molecule has 2 N–H and O–H groups in total. The smallest absolute Gasteiger partial charge is 0.410 e. The Morgan fingerprint density at radius 2 is 1.92 bits per heavy atom. The minimum Gasteiger partial charge on any atom is -0.491 e. The molecule has 1 aliphatic rings. The summed E-state index contributed by atoms with van der Waals surface area (Å²) in [5.74, 6) is 0.793. The predicted octanol–water partition coefficient (Wildman–Crippen LogP) is 0.736. The van der Waals surface area contributed by atoms with E-state index >= 15 is 0 Å². The summed E-state index contributed by atoms with van der Waals surface area (Å²) in [6, 6.07) is 8.07. The summed E-state index contributed by atoms with van der Waals surface area (Å²) in [5, 5.41) is 10.2. The molecule has 2 rings (SSSR count). The summed E-state index contributed by atoms with van der Waals surface area (Å²) in [7, 11) is 0. The van der Waals surface area contributed by atoms with Gasteiger partial charge >= 0.3 is 6.09 Å². The molecule has 1 saturated heterocycles. The highest BCUT2D eigenvalue weighted by Gasteiger charge is 2.26. The van der Waals surface area contributed by atoms with E-state index in [1.54, 1.807) is 4.90 Å². The zero-order chi connectivity index (χ0) is 18.1. The molecule has 140 valence electrons. The Morgan fingerprint density at radius 3 is 2.52 bits per heavy atom. The van der Waals surface area contributed by atoms with Gasteiger partial charge in [0.2, 0.25) is 0 Å². The van der Waals surface area contributed by atoms with Gasteiger partial charge in [0, 0.05) is 0 Å². The highest BCUT2D eigenvalue weighted by atomic mass is 16.6. The predicted molar refractivity (Wildman–Crippen MR) is 96.1 cm³/mol. The number of benzene rings is 1. The van der Waals surface area contributed by atoms with Crippen molar-refractivity contribution in [3.63, 3.8) is 0 Å². The van der Waals surface area contributed by atoms with Crippen molar-refractivity contribution < 1.29 is 24.3 Å². The monoisotopic (exact) mass is 351 g/mol. The lowest BCUT2D eigenvalue weighted by molar-refractivity contribution is -0.907. The number of quaternary nitrogens is 1. The number of hydrogen-bond acceptors (Lipinski definition) is 4. The zero-order valence-corrected chi connectivity index (χ0v) is 15.4. The number of carbonyl (C=O) groups excluding carboxylic acids is 1. The first-order chi connectivity index (χ1) is 12.1. The van der Waals surface area contributed by atoms with Crippen LogP contribution in [0.2, 0.25) is 0 Å². The number of nitrogens with zero attached hydrogens (tertiary/aromatic N) is 1. The lowest BCUT2D eigenvalue weighted by Crippen LogP contribution is -3.16. The number of rotatable bonds is 8. The lowest BCUT2D eigenvalue weighted by atomic mass is 10.1. The maximum atomic E-state index is 11.7. The summed E-state index contributed by atoms with van der Waals surface area (Å²) < 4.78 is 10.7. The fourth-order valence-corrected chi connectivity index (χ4v) is 3.05. The van der Waals surface area contributed by atoms with E-state index in [0.717, 1.165) is 31.7 Å². The van der Waals surface area contributed by atoms with Gasteiger partial charge in [0.1, 0.15) is 25.0 Å². The van der Waals surface area contributed by atoms with Crippen molar-refractivity contribution in [2.75, 3.05) is 45.9 Å². The summed E-state index contributed by atoms with van der Waals surface area (Å²) >= 11 is 0. The van der Waals surface area contributed by atoms with Gasteiger partial charge < -0.3 is 19.5 Å². The highest BCUT2D eigenvalue weighted by Crippen LogP contribution is 2.13. The molecule has 0 aromatic heterocycles. The quantitative estimate of drug-likeness (QED) is 0.725. The van der Waals surface area contributed by atoms with E-state index in [2.05, 4.69) is 19.1 Å². The molecule has 1 amide bonds. The number of nitrogens with one attached hydrogen (secondary N) is 1. The molecular weight excluding hydrogens is 320 g/mol. The molecule has 6 nitrogen and oxygen atoms in total. The molecule has 1 fully saturated rings. The van der Waals surface area contributed by atoms with E-state index in [0.29, 0.717) is 26.2 Å². The molecule has 1 aliphatic heterocycles. The molecule has 1 aromatic rings. The largest absolute Gasteiger partial charge is 0.491 e. The van der Waals surface area contributed by atoms with Crippen LogP contribution < -0.4 is 9.64 Å². The second-order valence-electron chi connectivity index (χ2n) is 6.50. The van der Waals surface area contributed by atoms with Gasteiger partial charge in [0.05, 0.1) is 32.8 Å². The number of amides is 1. The number of aliphatic hydroxyl groups excluding tert-OH is 1. The van der Waals surface area contributed by atoms with Crippen molar-refractivity contribution in [3.05, 3.63) is 29.8 Å². The lowest BCUT2D eigenvalue weighted by Gasteiger charge is -2.32. The van der Waals surface area contributed by atoms with E-state index in [1.807, 2.05) is 19.1 Å². The van der Waals surface area contributed by atoms with Gasteiger partial charge in [-0.1, -0.05) is 25.5 Å². The number of aliphatic hydroxyl groups is 1. The van der Waals surface area contributed by atoms with Crippen LogP contribution in [0.4, 0.5) is 4.79 Å². The maximum Gasteiger partial charge on any atom is 0.410 e. The van der Waals surface area contributed by atoms with Crippen LogP contribution in [0.3, 0.4) is 0 Å². The van der Waals surface area contributed by atoms with Crippen LogP contribution >= 0.6 is 0 Å². The Hall–Kier alpha value is -1.79. The van der Waals surface area contributed by atoms with Crippen LogP contribution in [0.15, 0.2) is 24.3 Å². The van der Waals surface area contributed by atoms with Gasteiger partial charge in [-0.25, -0.2) is 4.79 Å². The molecule has 0 aliphatic carbocycles. The van der Waals surface area contributed by atoms with E-state index in [4.69, 9.17) is 9.47 Å². The van der Waals surface area contributed by atoms with Gasteiger partial charge in [-0.2, -0.15) is 0 Å². The normalized spacial score (nSPS) is 16.5. The molecular formula is C19H31N2O4+.